The number of ether oxygens (including phenoxy) is 2. The van der Waals surface area contributed by atoms with Crippen LogP contribution < -0.4 is 9.47 Å². The maximum Gasteiger partial charge on any atom is 0.237 e. The Bertz CT molecular complexity index is 439. The van der Waals surface area contributed by atoms with E-state index in [1.54, 1.807) is 19.1 Å². The van der Waals surface area contributed by atoms with Crippen LogP contribution in [0.1, 0.15) is 5.56 Å². The Kier molecular flexibility index (Phi) is 7.18. The van der Waals surface area contributed by atoms with Crippen LogP contribution in [0.25, 0.3) is 0 Å². The van der Waals surface area contributed by atoms with Crippen molar-refractivity contribution < 1.29 is 19.4 Å². The fourth-order valence-electron chi connectivity index (χ4n) is 1.87. The fraction of sp³-hybridized carbons (Fsp3) is 0.500. The van der Waals surface area contributed by atoms with Gasteiger partial charge in [-0.3, -0.25) is 4.79 Å². The van der Waals surface area contributed by atoms with Gasteiger partial charge in [-0.25, -0.2) is 0 Å². The number of carbonyl (C=O) groups is 1. The largest absolute Gasteiger partial charge is 0.493 e. The third-order valence-electron chi connectivity index (χ3n) is 2.96. The number of nitrogens with zero attached hydrogens (tertiary/aromatic N) is 1. The van der Waals surface area contributed by atoms with E-state index in [0.29, 0.717) is 31.0 Å². The van der Waals surface area contributed by atoms with E-state index in [-0.39, 0.29) is 18.4 Å². The first kappa shape index (κ1) is 16.6. The Balaban J connectivity index is 2.70. The van der Waals surface area contributed by atoms with Gasteiger partial charge in [0.2, 0.25) is 5.91 Å². The summed E-state index contributed by atoms with van der Waals surface area (Å²) in [5.74, 6) is 1.07. The number of rotatable bonds is 8. The molecule has 0 unspecified atom stereocenters. The second-order valence-electron chi connectivity index (χ2n) is 4.18. The van der Waals surface area contributed by atoms with E-state index in [4.69, 9.17) is 26.2 Å². The number of carbonyl (C=O) groups excluding carboxylic acids is 1. The highest BCUT2D eigenvalue weighted by Crippen LogP contribution is 2.27. The smallest absolute Gasteiger partial charge is 0.237 e. The van der Waals surface area contributed by atoms with Gasteiger partial charge in [0.1, 0.15) is 5.88 Å². The zero-order chi connectivity index (χ0) is 15.0. The molecule has 0 spiro atoms. The molecule has 1 N–H and O–H groups in total. The van der Waals surface area contributed by atoms with Gasteiger partial charge >= 0.3 is 0 Å². The van der Waals surface area contributed by atoms with Crippen LogP contribution in [0.4, 0.5) is 0 Å². The van der Waals surface area contributed by atoms with Gasteiger partial charge in [0, 0.05) is 13.1 Å². The number of methoxy groups -OCH3 is 2. The predicted octanol–water partition coefficient (Wildman–Crippen LogP) is 1.31. The molecule has 0 aliphatic rings. The van der Waals surface area contributed by atoms with E-state index in [9.17, 15) is 4.79 Å². The Morgan fingerprint density at radius 3 is 2.50 bits per heavy atom. The van der Waals surface area contributed by atoms with Gasteiger partial charge in [0.05, 0.1) is 20.8 Å². The highest BCUT2D eigenvalue weighted by molar-refractivity contribution is 6.27. The standard InChI is InChI=1S/C14H20ClNO4/c1-19-12-4-3-11(9-13(12)20-2)5-6-16(7-8-17)14(18)10-15/h3-4,9,17H,5-8,10H2,1-2H3. The molecule has 0 aliphatic carbocycles. The van der Waals surface area contributed by atoms with E-state index in [1.165, 1.54) is 0 Å². The lowest BCUT2D eigenvalue weighted by Crippen LogP contribution is -2.36. The van der Waals surface area contributed by atoms with Crippen LogP contribution in [-0.2, 0) is 11.2 Å². The average Bonchev–Trinajstić information content (AvgIpc) is 2.50. The lowest BCUT2D eigenvalue weighted by atomic mass is 10.1. The summed E-state index contributed by atoms with van der Waals surface area (Å²) in [7, 11) is 3.16. The Morgan fingerprint density at radius 2 is 1.95 bits per heavy atom. The minimum Gasteiger partial charge on any atom is -0.493 e. The molecule has 0 atom stereocenters. The van der Waals surface area contributed by atoms with Crippen molar-refractivity contribution in [2.75, 3.05) is 39.8 Å². The van der Waals surface area contributed by atoms with E-state index >= 15 is 0 Å². The van der Waals surface area contributed by atoms with Crippen LogP contribution in [0.3, 0.4) is 0 Å². The van der Waals surface area contributed by atoms with Gasteiger partial charge in [-0.05, 0) is 24.1 Å². The molecule has 5 nitrogen and oxygen atoms in total. The number of benzene rings is 1. The van der Waals surface area contributed by atoms with Crippen molar-refractivity contribution in [3.05, 3.63) is 23.8 Å². The zero-order valence-corrected chi connectivity index (χ0v) is 12.5. The molecule has 6 heteroatoms. The summed E-state index contributed by atoms with van der Waals surface area (Å²) in [6, 6.07) is 5.62. The lowest BCUT2D eigenvalue weighted by Gasteiger charge is -2.21. The molecule has 112 valence electrons. The molecule has 0 saturated carbocycles. The topological polar surface area (TPSA) is 59.0 Å². The van der Waals surface area contributed by atoms with Crippen molar-refractivity contribution in [2.45, 2.75) is 6.42 Å². The van der Waals surface area contributed by atoms with Crippen molar-refractivity contribution in [3.63, 3.8) is 0 Å². The summed E-state index contributed by atoms with van der Waals surface area (Å²) in [5.41, 5.74) is 1.02. The molecule has 1 aromatic carbocycles. The van der Waals surface area contributed by atoms with Crippen molar-refractivity contribution in [3.8, 4) is 11.5 Å². The summed E-state index contributed by atoms with van der Waals surface area (Å²) < 4.78 is 10.4. The maximum absolute atomic E-state index is 11.6. The van der Waals surface area contributed by atoms with Crippen LogP contribution in [0.5, 0.6) is 11.5 Å². The van der Waals surface area contributed by atoms with Crippen LogP contribution in [0, 0.1) is 0 Å². The number of alkyl halides is 1. The molecular weight excluding hydrogens is 282 g/mol. The monoisotopic (exact) mass is 301 g/mol. The normalized spacial score (nSPS) is 10.2. The number of hydrogen-bond acceptors (Lipinski definition) is 4. The van der Waals surface area contributed by atoms with E-state index in [2.05, 4.69) is 0 Å². The average molecular weight is 302 g/mol. The number of amides is 1. The molecule has 0 saturated heterocycles. The molecule has 0 aliphatic heterocycles. The minimum absolute atomic E-state index is 0.0748. The molecule has 0 fully saturated rings. The van der Waals surface area contributed by atoms with Crippen LogP contribution in [-0.4, -0.2) is 55.7 Å². The summed E-state index contributed by atoms with van der Waals surface area (Å²) >= 11 is 5.54. The van der Waals surface area contributed by atoms with E-state index in [1.807, 2.05) is 18.2 Å². The van der Waals surface area contributed by atoms with Gasteiger partial charge in [0.25, 0.3) is 0 Å². The quantitative estimate of drug-likeness (QED) is 0.736. The summed E-state index contributed by atoms with van der Waals surface area (Å²) in [4.78, 5) is 13.1. The fourth-order valence-corrected chi connectivity index (χ4v) is 2.04. The van der Waals surface area contributed by atoms with Gasteiger partial charge in [0.15, 0.2) is 11.5 Å². The number of aliphatic hydroxyl groups excluding tert-OH is 1. The number of hydrogen-bond donors (Lipinski definition) is 1. The summed E-state index contributed by atoms with van der Waals surface area (Å²) in [6.07, 6.45) is 0.656. The Labute approximate surface area is 124 Å². The molecule has 0 aromatic heterocycles. The SMILES string of the molecule is COc1ccc(CCN(CCO)C(=O)CCl)cc1OC. The summed E-state index contributed by atoms with van der Waals surface area (Å²) in [5, 5.41) is 8.96. The second kappa shape index (κ2) is 8.66. The minimum atomic E-state index is -0.179. The molecule has 0 heterocycles. The van der Waals surface area contributed by atoms with Gasteiger partial charge < -0.3 is 19.5 Å². The third kappa shape index (κ3) is 4.58. The predicted molar refractivity (Wildman–Crippen MR) is 77.6 cm³/mol. The van der Waals surface area contributed by atoms with Gasteiger partial charge in [-0.1, -0.05) is 6.07 Å². The first-order valence-corrected chi connectivity index (χ1v) is 6.85. The number of halogens is 1. The molecule has 1 rings (SSSR count). The van der Waals surface area contributed by atoms with Crippen molar-refractivity contribution in [1.82, 2.24) is 4.90 Å². The third-order valence-corrected chi connectivity index (χ3v) is 3.18. The lowest BCUT2D eigenvalue weighted by molar-refractivity contribution is -0.129. The van der Waals surface area contributed by atoms with E-state index < -0.39 is 0 Å². The molecule has 1 aromatic rings. The van der Waals surface area contributed by atoms with Crippen LogP contribution >= 0.6 is 11.6 Å². The Hall–Kier alpha value is -1.46. The molecule has 20 heavy (non-hydrogen) atoms. The van der Waals surface area contributed by atoms with E-state index in [0.717, 1.165) is 5.56 Å². The second-order valence-corrected chi connectivity index (χ2v) is 4.44. The van der Waals surface area contributed by atoms with Crippen LogP contribution in [0.15, 0.2) is 18.2 Å². The van der Waals surface area contributed by atoms with Gasteiger partial charge in [-0.15, -0.1) is 11.6 Å². The molecule has 1 amide bonds. The highest BCUT2D eigenvalue weighted by atomic mass is 35.5. The maximum atomic E-state index is 11.6. The number of aliphatic hydroxyl groups is 1. The Morgan fingerprint density at radius 1 is 1.25 bits per heavy atom. The van der Waals surface area contributed by atoms with Crippen molar-refractivity contribution in [2.24, 2.45) is 0 Å². The van der Waals surface area contributed by atoms with Crippen molar-refractivity contribution >= 4 is 17.5 Å². The van der Waals surface area contributed by atoms with Crippen LogP contribution in [0.2, 0.25) is 0 Å². The zero-order valence-electron chi connectivity index (χ0n) is 11.8. The molecular formula is C14H20ClNO4. The van der Waals surface area contributed by atoms with Gasteiger partial charge in [-0.2, -0.15) is 0 Å². The summed E-state index contributed by atoms with van der Waals surface area (Å²) in [6.45, 7) is 0.717. The molecule has 0 bridgehead atoms. The highest BCUT2D eigenvalue weighted by Gasteiger charge is 2.12. The molecule has 0 radical (unpaired) electrons. The first-order valence-electron chi connectivity index (χ1n) is 6.31. The first-order chi connectivity index (χ1) is 9.65. The van der Waals surface area contributed by atoms with Crippen molar-refractivity contribution in [1.29, 1.82) is 0 Å².